The Morgan fingerprint density at radius 2 is 2.53 bits per heavy atom. The summed E-state index contributed by atoms with van der Waals surface area (Å²) in [6.07, 6.45) is 5.79. The molecule has 15 heavy (non-hydrogen) atoms. The van der Waals surface area contributed by atoms with E-state index in [-0.39, 0.29) is 0 Å². The predicted molar refractivity (Wildman–Crippen MR) is 68.7 cm³/mol. The number of aromatic nitrogens is 1. The van der Waals surface area contributed by atoms with Gasteiger partial charge in [-0.05, 0) is 25.0 Å². The summed E-state index contributed by atoms with van der Waals surface area (Å²) >= 11 is 3.91. The summed E-state index contributed by atoms with van der Waals surface area (Å²) in [5.41, 5.74) is 0. The van der Waals surface area contributed by atoms with E-state index in [0.717, 1.165) is 19.0 Å². The Labute approximate surface area is 99.9 Å². The maximum absolute atomic E-state index is 4.37. The van der Waals surface area contributed by atoms with Crippen molar-refractivity contribution in [2.45, 2.75) is 38.8 Å². The second-order valence-corrected chi connectivity index (χ2v) is 6.22. The van der Waals surface area contributed by atoms with Crippen molar-refractivity contribution in [2.75, 3.05) is 11.5 Å². The zero-order valence-electron chi connectivity index (χ0n) is 9.16. The van der Waals surface area contributed by atoms with Crippen LogP contribution in [0.2, 0.25) is 0 Å². The first-order chi connectivity index (χ1) is 7.38. The summed E-state index contributed by atoms with van der Waals surface area (Å²) in [7, 11) is 0. The molecular weight excluding hydrogens is 224 g/mol. The molecule has 2 heterocycles. The molecule has 1 atom stereocenters. The molecule has 1 saturated heterocycles. The first kappa shape index (κ1) is 11.4. The number of nitrogens with one attached hydrogen (secondary N) is 1. The van der Waals surface area contributed by atoms with Gasteiger partial charge in [0.05, 0.1) is 5.01 Å². The SMILES string of the molecule is CCc1ncc(CNC2CCCSC2)s1. The maximum Gasteiger partial charge on any atom is 0.0925 e. The van der Waals surface area contributed by atoms with Crippen LogP contribution < -0.4 is 5.32 Å². The normalized spacial score (nSPS) is 21.8. The Kier molecular flexibility index (Phi) is 4.47. The molecule has 0 radical (unpaired) electrons. The molecule has 1 aromatic rings. The molecule has 1 aliphatic rings. The smallest absolute Gasteiger partial charge is 0.0925 e. The Balaban J connectivity index is 1.76. The molecule has 1 fully saturated rings. The van der Waals surface area contributed by atoms with Gasteiger partial charge in [-0.3, -0.25) is 0 Å². The van der Waals surface area contributed by atoms with Gasteiger partial charge in [-0.2, -0.15) is 11.8 Å². The van der Waals surface area contributed by atoms with Crippen LogP contribution in [-0.2, 0) is 13.0 Å². The molecule has 1 N–H and O–H groups in total. The van der Waals surface area contributed by atoms with Crippen molar-refractivity contribution >= 4 is 23.1 Å². The molecule has 2 nitrogen and oxygen atoms in total. The minimum Gasteiger partial charge on any atom is -0.308 e. The zero-order valence-corrected chi connectivity index (χ0v) is 10.8. The van der Waals surface area contributed by atoms with Crippen molar-refractivity contribution < 1.29 is 0 Å². The fourth-order valence-electron chi connectivity index (χ4n) is 1.74. The van der Waals surface area contributed by atoms with Crippen molar-refractivity contribution in [3.63, 3.8) is 0 Å². The number of aryl methyl sites for hydroxylation is 1. The average molecular weight is 242 g/mol. The molecule has 1 aromatic heterocycles. The molecular formula is C11H18N2S2. The standard InChI is InChI=1S/C11H18N2S2/c1-2-11-13-7-10(15-11)6-12-9-4-3-5-14-8-9/h7,9,12H,2-6,8H2,1H3. The van der Waals surface area contributed by atoms with Crippen LogP contribution in [0.25, 0.3) is 0 Å². The second-order valence-electron chi connectivity index (χ2n) is 3.87. The van der Waals surface area contributed by atoms with Crippen molar-refractivity contribution in [2.24, 2.45) is 0 Å². The van der Waals surface area contributed by atoms with Crippen molar-refractivity contribution in [1.82, 2.24) is 10.3 Å². The van der Waals surface area contributed by atoms with E-state index in [0.29, 0.717) is 0 Å². The monoisotopic (exact) mass is 242 g/mol. The maximum atomic E-state index is 4.37. The fourth-order valence-corrected chi connectivity index (χ4v) is 3.66. The van der Waals surface area contributed by atoms with E-state index in [1.54, 1.807) is 0 Å². The van der Waals surface area contributed by atoms with Gasteiger partial charge in [0.1, 0.15) is 0 Å². The van der Waals surface area contributed by atoms with E-state index < -0.39 is 0 Å². The summed E-state index contributed by atoms with van der Waals surface area (Å²) < 4.78 is 0. The quantitative estimate of drug-likeness (QED) is 0.879. The minimum atomic E-state index is 0.718. The van der Waals surface area contributed by atoms with E-state index in [2.05, 4.69) is 29.0 Å². The Hall–Kier alpha value is -0.0600. The van der Waals surface area contributed by atoms with Crippen LogP contribution in [0.1, 0.15) is 29.7 Å². The summed E-state index contributed by atoms with van der Waals surface area (Å²) in [6.45, 7) is 3.16. The number of hydrogen-bond acceptors (Lipinski definition) is 4. The predicted octanol–water partition coefficient (Wildman–Crippen LogP) is 2.69. The Morgan fingerprint density at radius 3 is 3.20 bits per heavy atom. The van der Waals surface area contributed by atoms with Crippen LogP contribution in [0.4, 0.5) is 0 Å². The number of thioether (sulfide) groups is 1. The fraction of sp³-hybridized carbons (Fsp3) is 0.727. The molecule has 1 unspecified atom stereocenters. The van der Waals surface area contributed by atoms with Crippen molar-refractivity contribution in [3.05, 3.63) is 16.1 Å². The molecule has 0 amide bonds. The third-order valence-electron chi connectivity index (χ3n) is 2.63. The molecule has 0 aliphatic carbocycles. The summed E-state index contributed by atoms with van der Waals surface area (Å²) in [5.74, 6) is 2.62. The molecule has 2 rings (SSSR count). The van der Waals surface area contributed by atoms with Gasteiger partial charge in [0.25, 0.3) is 0 Å². The first-order valence-electron chi connectivity index (χ1n) is 5.63. The largest absolute Gasteiger partial charge is 0.308 e. The third kappa shape index (κ3) is 3.47. The number of rotatable bonds is 4. The highest BCUT2D eigenvalue weighted by Gasteiger charge is 2.13. The van der Waals surface area contributed by atoms with Gasteiger partial charge in [0.15, 0.2) is 0 Å². The van der Waals surface area contributed by atoms with E-state index in [9.17, 15) is 0 Å². The van der Waals surface area contributed by atoms with Crippen LogP contribution in [0, 0.1) is 0 Å². The Bertz CT molecular complexity index is 293. The lowest BCUT2D eigenvalue weighted by Crippen LogP contribution is -2.32. The summed E-state index contributed by atoms with van der Waals surface area (Å²) in [4.78, 5) is 5.75. The number of thiazole rings is 1. The lowest BCUT2D eigenvalue weighted by molar-refractivity contribution is 0.510. The topological polar surface area (TPSA) is 24.9 Å². The van der Waals surface area contributed by atoms with Gasteiger partial charge in [0, 0.05) is 29.4 Å². The minimum absolute atomic E-state index is 0.718. The highest BCUT2D eigenvalue weighted by molar-refractivity contribution is 7.99. The van der Waals surface area contributed by atoms with Crippen LogP contribution >= 0.6 is 23.1 Å². The van der Waals surface area contributed by atoms with Crippen LogP contribution in [0.15, 0.2) is 6.20 Å². The van der Waals surface area contributed by atoms with Gasteiger partial charge >= 0.3 is 0 Å². The van der Waals surface area contributed by atoms with Crippen LogP contribution in [0.3, 0.4) is 0 Å². The average Bonchev–Trinajstić information content (AvgIpc) is 2.76. The molecule has 4 heteroatoms. The molecule has 0 aromatic carbocycles. The van der Waals surface area contributed by atoms with E-state index in [4.69, 9.17) is 0 Å². The van der Waals surface area contributed by atoms with E-state index in [1.807, 2.05) is 17.5 Å². The summed E-state index contributed by atoms with van der Waals surface area (Å²) in [6, 6.07) is 0.718. The van der Waals surface area contributed by atoms with Crippen molar-refractivity contribution in [1.29, 1.82) is 0 Å². The number of nitrogens with zero attached hydrogens (tertiary/aromatic N) is 1. The van der Waals surface area contributed by atoms with Gasteiger partial charge in [-0.15, -0.1) is 11.3 Å². The van der Waals surface area contributed by atoms with Gasteiger partial charge < -0.3 is 5.32 Å². The van der Waals surface area contributed by atoms with Crippen LogP contribution in [0.5, 0.6) is 0 Å². The summed E-state index contributed by atoms with van der Waals surface area (Å²) in [5, 5.41) is 4.88. The highest BCUT2D eigenvalue weighted by Crippen LogP contribution is 2.18. The zero-order chi connectivity index (χ0) is 10.5. The van der Waals surface area contributed by atoms with Gasteiger partial charge in [-0.1, -0.05) is 6.92 Å². The molecule has 1 aliphatic heterocycles. The van der Waals surface area contributed by atoms with E-state index >= 15 is 0 Å². The second kappa shape index (κ2) is 5.87. The first-order valence-corrected chi connectivity index (χ1v) is 7.60. The molecule has 0 saturated carbocycles. The lowest BCUT2D eigenvalue weighted by Gasteiger charge is -2.22. The van der Waals surface area contributed by atoms with Crippen molar-refractivity contribution in [3.8, 4) is 0 Å². The van der Waals surface area contributed by atoms with Crippen LogP contribution in [-0.4, -0.2) is 22.5 Å². The molecule has 84 valence electrons. The van der Waals surface area contributed by atoms with Gasteiger partial charge in [0.2, 0.25) is 0 Å². The number of hydrogen-bond donors (Lipinski definition) is 1. The molecule has 0 spiro atoms. The van der Waals surface area contributed by atoms with E-state index in [1.165, 1.54) is 34.2 Å². The Morgan fingerprint density at radius 1 is 1.60 bits per heavy atom. The lowest BCUT2D eigenvalue weighted by atomic mass is 10.2. The molecule has 0 bridgehead atoms. The third-order valence-corrected chi connectivity index (χ3v) is 4.99. The highest BCUT2D eigenvalue weighted by atomic mass is 32.2. The van der Waals surface area contributed by atoms with Gasteiger partial charge in [-0.25, -0.2) is 4.98 Å².